The Kier molecular flexibility index (Phi) is 3.83. The molecule has 1 aromatic rings. The second-order valence-corrected chi connectivity index (χ2v) is 4.05. The Hall–Kier alpha value is -1.16. The lowest BCUT2D eigenvalue weighted by Gasteiger charge is -2.00. The summed E-state index contributed by atoms with van der Waals surface area (Å²) in [6.07, 6.45) is 0. The Bertz CT molecular complexity index is 337. The molecule has 0 aliphatic carbocycles. The van der Waals surface area contributed by atoms with Gasteiger partial charge in [0, 0.05) is 0 Å². The molecule has 76 valence electrons. The molecule has 0 amide bonds. The van der Waals surface area contributed by atoms with Crippen LogP contribution in [0.25, 0.3) is 0 Å². The van der Waals surface area contributed by atoms with Gasteiger partial charge < -0.3 is 4.74 Å². The second-order valence-electron chi connectivity index (χ2n) is 3.10. The Labute approximate surface area is 87.6 Å². The highest BCUT2D eigenvalue weighted by atomic mass is 32.1. The highest BCUT2D eigenvalue weighted by molar-refractivity contribution is 7.12. The van der Waals surface area contributed by atoms with E-state index in [4.69, 9.17) is 4.74 Å². The lowest BCUT2D eigenvalue weighted by molar-refractivity contribution is -0.474. The number of ether oxygens (including phenoxy) is 1. The highest BCUT2D eigenvalue weighted by Gasteiger charge is 2.09. The van der Waals surface area contributed by atoms with Crippen LogP contribution < -0.4 is 0 Å². The maximum absolute atomic E-state index is 11.5. The molecule has 0 aliphatic rings. The zero-order valence-corrected chi connectivity index (χ0v) is 9.43. The summed E-state index contributed by atoms with van der Waals surface area (Å²) in [7, 11) is 3.76. The van der Waals surface area contributed by atoms with Crippen LogP contribution in [0.2, 0.25) is 0 Å². The summed E-state index contributed by atoms with van der Waals surface area (Å²) in [5, 5.41) is 1.88. The van der Waals surface area contributed by atoms with Crippen LogP contribution in [0, 0.1) is 0 Å². The molecular formula is C10H14NO2S+. The number of nitrogens with zero attached hydrogens (tertiary/aromatic N) is 1. The van der Waals surface area contributed by atoms with Crippen molar-refractivity contribution in [1.82, 2.24) is 0 Å². The Morgan fingerprint density at radius 2 is 2.29 bits per heavy atom. The van der Waals surface area contributed by atoms with Gasteiger partial charge in [0.2, 0.25) is 5.78 Å². The van der Waals surface area contributed by atoms with Gasteiger partial charge in [0.25, 0.3) is 0 Å². The lowest BCUT2D eigenvalue weighted by Crippen LogP contribution is -2.17. The summed E-state index contributed by atoms with van der Waals surface area (Å²) in [4.78, 5) is 12.2. The van der Waals surface area contributed by atoms with Gasteiger partial charge in [-0.2, -0.15) is 0 Å². The van der Waals surface area contributed by atoms with Crippen LogP contribution in [0.4, 0.5) is 0 Å². The molecule has 0 fully saturated rings. The number of carbonyl (C=O) groups excluding carboxylic acids is 1. The minimum atomic E-state index is 0.0289. The van der Waals surface area contributed by atoms with Crippen molar-refractivity contribution in [3.63, 3.8) is 0 Å². The molecule has 0 aromatic carbocycles. The lowest BCUT2D eigenvalue weighted by atomic mass is 10.3. The van der Waals surface area contributed by atoms with Crippen LogP contribution in [0.1, 0.15) is 16.6 Å². The molecule has 0 N–H and O–H groups in total. The number of carbonyl (C=O) groups is 1. The molecular weight excluding hydrogens is 198 g/mol. The Balaban J connectivity index is 2.48. The van der Waals surface area contributed by atoms with Crippen molar-refractivity contribution in [2.45, 2.75) is 6.92 Å². The summed E-state index contributed by atoms with van der Waals surface area (Å²) in [5.74, 6) is 0.774. The molecule has 4 heteroatoms. The van der Waals surface area contributed by atoms with E-state index in [1.807, 2.05) is 37.0 Å². The molecule has 14 heavy (non-hydrogen) atoms. The third-order valence-corrected chi connectivity index (χ3v) is 2.75. The van der Waals surface area contributed by atoms with Crippen LogP contribution in [-0.4, -0.2) is 37.0 Å². The minimum absolute atomic E-state index is 0.0289. The molecule has 0 radical (unpaired) electrons. The molecule has 0 atom stereocenters. The van der Waals surface area contributed by atoms with Crippen molar-refractivity contribution in [3.8, 4) is 0 Å². The molecule has 0 bridgehead atoms. The van der Waals surface area contributed by atoms with Gasteiger partial charge in [-0.1, -0.05) is 6.07 Å². The molecule has 1 heterocycles. The van der Waals surface area contributed by atoms with E-state index in [-0.39, 0.29) is 12.4 Å². The first-order chi connectivity index (χ1) is 6.61. The number of thiophene rings is 1. The fourth-order valence-corrected chi connectivity index (χ4v) is 1.46. The second kappa shape index (κ2) is 4.91. The number of ketones is 1. The minimum Gasteiger partial charge on any atom is -0.440 e. The van der Waals surface area contributed by atoms with E-state index in [1.165, 1.54) is 11.3 Å². The number of rotatable bonds is 3. The average Bonchev–Trinajstić information content (AvgIpc) is 2.66. The third-order valence-electron chi connectivity index (χ3n) is 1.84. The van der Waals surface area contributed by atoms with Crippen molar-refractivity contribution < 1.29 is 14.1 Å². The highest BCUT2D eigenvalue weighted by Crippen LogP contribution is 2.09. The van der Waals surface area contributed by atoms with Crippen molar-refractivity contribution in [1.29, 1.82) is 0 Å². The van der Waals surface area contributed by atoms with Crippen molar-refractivity contribution in [2.75, 3.05) is 20.7 Å². The summed E-state index contributed by atoms with van der Waals surface area (Å²) in [5.41, 5.74) is 0. The van der Waals surface area contributed by atoms with Gasteiger partial charge in [-0.15, -0.1) is 11.3 Å². The van der Waals surface area contributed by atoms with Gasteiger partial charge in [-0.3, -0.25) is 4.79 Å². The number of hydrogen-bond donors (Lipinski definition) is 0. The third kappa shape index (κ3) is 2.96. The van der Waals surface area contributed by atoms with Gasteiger partial charge in [-0.05, 0) is 11.4 Å². The standard InChI is InChI=1S/C10H14NO2S/c1-8(11(2)3)13-7-9(12)10-5-4-6-14-10/h4-6H,7H2,1-3H3/q+1. The summed E-state index contributed by atoms with van der Waals surface area (Å²) in [6.45, 7) is 1.95. The number of hydrogen-bond acceptors (Lipinski definition) is 3. The molecule has 3 nitrogen and oxygen atoms in total. The normalized spacial score (nSPS) is 9.64. The van der Waals surface area contributed by atoms with Crippen LogP contribution in [0.3, 0.4) is 0 Å². The molecule has 0 saturated heterocycles. The number of Topliss-reactive ketones (excluding diaryl/α,β-unsaturated/α-hetero) is 1. The first-order valence-corrected chi connectivity index (χ1v) is 5.19. The first-order valence-electron chi connectivity index (χ1n) is 4.31. The smallest absolute Gasteiger partial charge is 0.333 e. The van der Waals surface area contributed by atoms with Gasteiger partial charge in [0.15, 0.2) is 6.61 Å². The van der Waals surface area contributed by atoms with E-state index in [0.717, 1.165) is 10.8 Å². The quantitative estimate of drug-likeness (QED) is 0.330. The fraction of sp³-hybridized carbons (Fsp3) is 0.400. The van der Waals surface area contributed by atoms with E-state index >= 15 is 0 Å². The van der Waals surface area contributed by atoms with Crippen LogP contribution in [0.15, 0.2) is 17.5 Å². The molecule has 1 rings (SSSR count). The molecule has 0 spiro atoms. The van der Waals surface area contributed by atoms with Gasteiger partial charge in [0.05, 0.1) is 11.8 Å². The van der Waals surface area contributed by atoms with E-state index in [1.54, 1.807) is 6.07 Å². The Morgan fingerprint density at radius 3 is 2.79 bits per heavy atom. The van der Waals surface area contributed by atoms with E-state index in [9.17, 15) is 4.79 Å². The monoisotopic (exact) mass is 212 g/mol. The summed E-state index contributed by atoms with van der Waals surface area (Å²) in [6, 6.07) is 3.67. The first kappa shape index (κ1) is 10.9. The van der Waals surface area contributed by atoms with Gasteiger partial charge >= 0.3 is 5.90 Å². The summed E-state index contributed by atoms with van der Waals surface area (Å²) >= 11 is 1.44. The SMILES string of the molecule is CC(OCC(=O)c1cccs1)=[N+](C)C. The van der Waals surface area contributed by atoms with E-state index in [2.05, 4.69) is 0 Å². The summed E-state index contributed by atoms with van der Waals surface area (Å²) < 4.78 is 7.12. The maximum atomic E-state index is 11.5. The molecule has 1 aromatic heterocycles. The zero-order chi connectivity index (χ0) is 10.6. The van der Waals surface area contributed by atoms with Crippen LogP contribution in [0.5, 0.6) is 0 Å². The van der Waals surface area contributed by atoms with Crippen LogP contribution >= 0.6 is 11.3 Å². The molecule has 0 unspecified atom stereocenters. The Morgan fingerprint density at radius 1 is 1.57 bits per heavy atom. The molecule has 0 aliphatic heterocycles. The van der Waals surface area contributed by atoms with Crippen molar-refractivity contribution >= 4 is 23.0 Å². The van der Waals surface area contributed by atoms with Crippen molar-refractivity contribution in [3.05, 3.63) is 22.4 Å². The van der Waals surface area contributed by atoms with Crippen LogP contribution in [-0.2, 0) is 4.74 Å². The zero-order valence-electron chi connectivity index (χ0n) is 8.61. The predicted octanol–water partition coefficient (Wildman–Crippen LogP) is 1.64. The van der Waals surface area contributed by atoms with E-state index in [0.29, 0.717) is 0 Å². The van der Waals surface area contributed by atoms with Crippen molar-refractivity contribution in [2.24, 2.45) is 0 Å². The largest absolute Gasteiger partial charge is 0.440 e. The average molecular weight is 212 g/mol. The maximum Gasteiger partial charge on any atom is 0.333 e. The van der Waals surface area contributed by atoms with Gasteiger partial charge in [-0.25, -0.2) is 4.58 Å². The van der Waals surface area contributed by atoms with Gasteiger partial charge in [0.1, 0.15) is 14.1 Å². The van der Waals surface area contributed by atoms with E-state index < -0.39 is 0 Å². The fourth-order valence-electron chi connectivity index (χ4n) is 0.807. The topological polar surface area (TPSA) is 29.3 Å². The predicted molar refractivity (Wildman–Crippen MR) is 57.4 cm³/mol. The molecule has 0 saturated carbocycles.